The van der Waals surface area contributed by atoms with Crippen LogP contribution < -0.4 is 4.74 Å². The van der Waals surface area contributed by atoms with Crippen molar-refractivity contribution in [3.8, 4) is 11.4 Å². The van der Waals surface area contributed by atoms with Gasteiger partial charge in [-0.25, -0.2) is 26.6 Å². The van der Waals surface area contributed by atoms with Crippen molar-refractivity contribution < 1.29 is 40.7 Å². The summed E-state index contributed by atoms with van der Waals surface area (Å²) in [7, 11) is 2.76. The van der Waals surface area contributed by atoms with E-state index in [-0.39, 0.29) is 28.6 Å². The van der Waals surface area contributed by atoms with Gasteiger partial charge >= 0.3 is 5.97 Å². The molecule has 0 unspecified atom stereocenters. The van der Waals surface area contributed by atoms with Gasteiger partial charge in [0.05, 0.1) is 51.6 Å². The van der Waals surface area contributed by atoms with Crippen LogP contribution in [0.25, 0.3) is 5.69 Å². The molecular formula is C34H39ClF3N4O5S2+. The Kier molecular flexibility index (Phi) is 11.8. The summed E-state index contributed by atoms with van der Waals surface area (Å²) >= 11 is 7.61. The Bertz CT molecular complexity index is 1910. The number of carbonyl (C=O) groups is 1. The second-order valence-electron chi connectivity index (χ2n) is 13.0. The van der Waals surface area contributed by atoms with Crippen molar-refractivity contribution in [2.75, 3.05) is 47.9 Å². The number of thioether (sulfide) groups is 1. The van der Waals surface area contributed by atoms with Crippen molar-refractivity contribution in [3.63, 3.8) is 0 Å². The maximum atomic E-state index is 15.7. The molecule has 9 nitrogen and oxygen atoms in total. The predicted octanol–water partition coefficient (Wildman–Crippen LogP) is 6.74. The number of halogens is 4. The number of carboxylic acid groups (broad SMARTS) is 1. The molecule has 1 N–H and O–H groups in total. The first-order chi connectivity index (χ1) is 22.8. The second kappa shape index (κ2) is 15.1. The summed E-state index contributed by atoms with van der Waals surface area (Å²) in [5.74, 6) is -3.18. The Balaban J connectivity index is 1.68. The molecule has 264 valence electrons. The van der Waals surface area contributed by atoms with E-state index >= 15 is 4.39 Å². The van der Waals surface area contributed by atoms with Gasteiger partial charge in [-0.15, -0.1) is 0 Å². The Morgan fingerprint density at radius 1 is 1.06 bits per heavy atom. The lowest BCUT2D eigenvalue weighted by Gasteiger charge is -2.28. The van der Waals surface area contributed by atoms with Crippen molar-refractivity contribution in [1.29, 1.82) is 0 Å². The number of rotatable bonds is 15. The summed E-state index contributed by atoms with van der Waals surface area (Å²) in [4.78, 5) is 15.7. The molecule has 0 atom stereocenters. The van der Waals surface area contributed by atoms with Gasteiger partial charge in [-0.3, -0.25) is 9.36 Å². The second-order valence-corrected chi connectivity index (χ2v) is 16.3. The number of imidazole rings is 1. The highest BCUT2D eigenvalue weighted by Crippen LogP contribution is 2.39. The molecule has 15 heteroatoms. The van der Waals surface area contributed by atoms with E-state index in [1.54, 1.807) is 35.0 Å². The van der Waals surface area contributed by atoms with Crippen LogP contribution in [-0.2, 0) is 26.0 Å². The number of hydrogen-bond acceptors (Lipinski definition) is 6. The smallest absolute Gasteiger partial charge is 0.318 e. The van der Waals surface area contributed by atoms with Crippen LogP contribution in [-0.4, -0.2) is 85.7 Å². The molecule has 3 aromatic carbocycles. The highest BCUT2D eigenvalue weighted by molar-refractivity contribution is 7.98. The number of carboxylic acids is 1. The van der Waals surface area contributed by atoms with Crippen LogP contribution >= 0.6 is 23.4 Å². The fourth-order valence-corrected chi connectivity index (χ4v) is 8.14. The van der Waals surface area contributed by atoms with Crippen LogP contribution in [0.1, 0.15) is 37.1 Å². The van der Waals surface area contributed by atoms with Crippen molar-refractivity contribution in [1.82, 2.24) is 13.9 Å². The summed E-state index contributed by atoms with van der Waals surface area (Å²) in [6.07, 6.45) is 2.01. The molecule has 1 aromatic heterocycles. The molecule has 4 aromatic rings. The fraction of sp³-hybridized carbons (Fsp3) is 0.353. The molecule has 0 aliphatic heterocycles. The van der Waals surface area contributed by atoms with E-state index in [2.05, 4.69) is 4.98 Å². The lowest BCUT2D eigenvalue weighted by Crippen LogP contribution is -2.40. The van der Waals surface area contributed by atoms with E-state index in [0.717, 1.165) is 28.2 Å². The van der Waals surface area contributed by atoms with E-state index in [9.17, 15) is 27.1 Å². The normalized spacial score (nSPS) is 12.5. The van der Waals surface area contributed by atoms with Gasteiger partial charge in [0.25, 0.3) is 0 Å². The first-order valence-corrected chi connectivity index (χ1v) is 18.0. The Morgan fingerprint density at radius 3 is 2.33 bits per heavy atom. The van der Waals surface area contributed by atoms with Crippen molar-refractivity contribution >= 4 is 39.4 Å². The number of aromatic nitrogens is 2. The standard InChI is InChI=1S/C34H38ClF3N4O5S2/c1-34(2,22-8-13-28(37)30(16-22)47-6)31-19-39-33(41(31)24-11-9-23(36)10-12-24)48-21-26-27(35)17-25(18-29(26)38)49(45,46)40(20-32(43)44)14-7-15-42(3,4)5/h8-13,16-19H,7,14-15,20-21H2,1-6H3/p+1/i39+0. The van der Waals surface area contributed by atoms with Crippen LogP contribution in [0, 0.1) is 17.5 Å². The molecule has 1 heterocycles. The van der Waals surface area contributed by atoms with E-state index in [0.29, 0.717) is 39.5 Å². The van der Waals surface area contributed by atoms with Gasteiger partial charge < -0.3 is 14.3 Å². The quantitative estimate of drug-likeness (QED) is 0.107. The van der Waals surface area contributed by atoms with Crippen molar-refractivity contribution in [2.45, 2.75) is 41.5 Å². The number of methoxy groups -OCH3 is 1. The Morgan fingerprint density at radius 2 is 1.73 bits per heavy atom. The molecule has 0 aliphatic carbocycles. The molecule has 0 fully saturated rings. The van der Waals surface area contributed by atoms with Crippen LogP contribution in [0.4, 0.5) is 13.2 Å². The first kappa shape index (κ1) is 38.2. The number of benzene rings is 3. The van der Waals surface area contributed by atoms with Crippen LogP contribution in [0.15, 0.2) is 70.8 Å². The number of aliphatic carboxylic acids is 1. The summed E-state index contributed by atoms with van der Waals surface area (Å²) in [5, 5.41) is 9.64. The van der Waals surface area contributed by atoms with Gasteiger partial charge in [0, 0.05) is 40.4 Å². The van der Waals surface area contributed by atoms with Gasteiger partial charge in [-0.2, -0.15) is 4.31 Å². The predicted molar refractivity (Wildman–Crippen MR) is 183 cm³/mol. The third-order valence-corrected chi connectivity index (χ3v) is 11.1. The van der Waals surface area contributed by atoms with Gasteiger partial charge in [-0.05, 0) is 54.1 Å². The number of ether oxygens (including phenoxy) is 1. The van der Waals surface area contributed by atoms with Crippen LogP contribution in [0.5, 0.6) is 5.75 Å². The topological polar surface area (TPSA) is 102 Å². The molecule has 4 rings (SSSR count). The van der Waals surface area contributed by atoms with Crippen LogP contribution in [0.3, 0.4) is 0 Å². The average Bonchev–Trinajstić information content (AvgIpc) is 3.44. The summed E-state index contributed by atoms with van der Waals surface area (Å²) in [6, 6.07) is 12.2. The Labute approximate surface area is 293 Å². The Hall–Kier alpha value is -3.56. The summed E-state index contributed by atoms with van der Waals surface area (Å²) < 4.78 is 79.1. The van der Waals surface area contributed by atoms with Gasteiger partial charge in [0.1, 0.15) is 18.2 Å². The molecule has 0 saturated heterocycles. The van der Waals surface area contributed by atoms with Crippen molar-refractivity contribution in [2.24, 2.45) is 0 Å². The highest BCUT2D eigenvalue weighted by atomic mass is 35.5. The third-order valence-electron chi connectivity index (χ3n) is 7.97. The van der Waals surface area contributed by atoms with Gasteiger partial charge in [0.15, 0.2) is 16.7 Å². The van der Waals surface area contributed by atoms with E-state index < -0.39 is 50.3 Å². The molecule has 0 spiro atoms. The van der Waals surface area contributed by atoms with E-state index in [1.165, 1.54) is 25.3 Å². The number of hydrogen-bond donors (Lipinski definition) is 1. The molecule has 49 heavy (non-hydrogen) atoms. The van der Waals surface area contributed by atoms with Crippen molar-refractivity contribution in [3.05, 3.63) is 100 Å². The fourth-order valence-electron chi connectivity index (χ4n) is 5.22. The number of sulfonamides is 1. The molecular weight excluding hydrogens is 701 g/mol. The molecule has 0 radical (unpaired) electrons. The number of nitrogens with zero attached hydrogens (tertiary/aromatic N) is 4. The minimum atomic E-state index is -4.40. The molecule has 0 aliphatic rings. The maximum absolute atomic E-state index is 15.7. The average molecular weight is 740 g/mol. The minimum Gasteiger partial charge on any atom is -0.494 e. The summed E-state index contributed by atoms with van der Waals surface area (Å²) in [6.45, 7) is 3.55. The maximum Gasteiger partial charge on any atom is 0.318 e. The first-order valence-electron chi connectivity index (χ1n) is 15.2. The highest BCUT2D eigenvalue weighted by Gasteiger charge is 2.32. The zero-order valence-electron chi connectivity index (χ0n) is 28.0. The van der Waals surface area contributed by atoms with Gasteiger partial charge in [-0.1, -0.05) is 43.3 Å². The SMILES string of the molecule is COc1cc(C(C)(C)c2c[14n]c(SCc3c(F)cc(S(=O)(=O)N(CCC[N+](C)(C)C)CC(=O)O)cc3Cl)n2-c2ccc(F)cc2)ccc1F. The van der Waals surface area contributed by atoms with E-state index in [4.69, 9.17) is 16.3 Å². The number of quaternary nitrogens is 1. The molecule has 0 amide bonds. The zero-order valence-corrected chi connectivity index (χ0v) is 30.4. The van der Waals surface area contributed by atoms with E-state index in [1.807, 2.05) is 35.0 Å². The lowest BCUT2D eigenvalue weighted by molar-refractivity contribution is -0.870. The monoisotopic (exact) mass is 739 g/mol. The molecule has 0 saturated carbocycles. The zero-order chi connectivity index (χ0) is 36.3. The minimum absolute atomic E-state index is 0.0122. The third kappa shape index (κ3) is 8.97. The molecule has 0 bridgehead atoms. The summed E-state index contributed by atoms with van der Waals surface area (Å²) in [5.41, 5.74) is 1.18. The van der Waals surface area contributed by atoms with Gasteiger partial charge in [0.2, 0.25) is 10.0 Å². The largest absolute Gasteiger partial charge is 0.494 e. The van der Waals surface area contributed by atoms with Crippen LogP contribution in [0.2, 0.25) is 5.02 Å². The lowest BCUT2D eigenvalue weighted by atomic mass is 9.81.